The third kappa shape index (κ3) is 3.55. The Morgan fingerprint density at radius 2 is 2.23 bits per heavy atom. The minimum Gasteiger partial charge on any atom is -0.443 e. The van der Waals surface area contributed by atoms with Crippen LogP contribution in [0, 0.1) is 0 Å². The summed E-state index contributed by atoms with van der Waals surface area (Å²) in [5, 5.41) is 7.06. The summed E-state index contributed by atoms with van der Waals surface area (Å²) in [6.45, 7) is 5.36. The summed E-state index contributed by atoms with van der Waals surface area (Å²) in [6, 6.07) is 0. The number of aromatic nitrogens is 3. The summed E-state index contributed by atoms with van der Waals surface area (Å²) in [4.78, 5) is 12.3. The first-order valence-electron chi connectivity index (χ1n) is 3.84. The smallest absolute Gasteiger partial charge is 0.428 e. The zero-order chi connectivity index (χ0) is 9.90. The van der Waals surface area contributed by atoms with Gasteiger partial charge in [0.25, 0.3) is 0 Å². The van der Waals surface area contributed by atoms with Crippen molar-refractivity contribution in [2.24, 2.45) is 0 Å². The largest absolute Gasteiger partial charge is 0.443 e. The molecule has 0 aliphatic heterocycles. The van der Waals surface area contributed by atoms with Gasteiger partial charge in [-0.15, -0.1) is 5.10 Å². The molecule has 1 aromatic rings. The fourth-order valence-corrected chi connectivity index (χ4v) is 0.662. The van der Waals surface area contributed by atoms with Crippen molar-refractivity contribution < 1.29 is 9.53 Å². The van der Waals surface area contributed by atoms with Crippen LogP contribution in [0.1, 0.15) is 20.8 Å². The van der Waals surface area contributed by atoms with Crippen LogP contribution in [0.25, 0.3) is 0 Å². The standard InChI is InChI=1S/C7H12N4O2/c1-7(2,3)13-6(12)9-11-5-4-8-10-11/h4-5H,1-3H3,(H,9,12). The SMILES string of the molecule is CC(C)(C)OC(=O)Nn1ccnn1. The van der Waals surface area contributed by atoms with Gasteiger partial charge in [0.05, 0.1) is 12.4 Å². The van der Waals surface area contributed by atoms with Crippen molar-refractivity contribution in [1.82, 2.24) is 15.1 Å². The van der Waals surface area contributed by atoms with Gasteiger partial charge < -0.3 is 4.74 Å². The third-order valence-electron chi connectivity index (χ3n) is 1.03. The van der Waals surface area contributed by atoms with Crippen molar-refractivity contribution in [2.75, 3.05) is 5.43 Å². The molecule has 0 atom stereocenters. The summed E-state index contributed by atoms with van der Waals surface area (Å²) in [7, 11) is 0. The molecule has 0 aliphatic rings. The van der Waals surface area contributed by atoms with Crippen LogP contribution in [0.3, 0.4) is 0 Å². The van der Waals surface area contributed by atoms with E-state index in [1.807, 2.05) is 0 Å². The Bertz CT molecular complexity index is 275. The number of rotatable bonds is 1. The molecule has 72 valence electrons. The van der Waals surface area contributed by atoms with Crippen LogP contribution in [0.2, 0.25) is 0 Å². The van der Waals surface area contributed by atoms with Gasteiger partial charge in [0.15, 0.2) is 0 Å². The zero-order valence-electron chi connectivity index (χ0n) is 7.81. The van der Waals surface area contributed by atoms with Gasteiger partial charge in [-0.3, -0.25) is 0 Å². The third-order valence-corrected chi connectivity index (χ3v) is 1.03. The number of nitrogens with one attached hydrogen (secondary N) is 1. The Hall–Kier alpha value is -1.59. The van der Waals surface area contributed by atoms with Gasteiger partial charge in [-0.1, -0.05) is 0 Å². The second-order valence-electron chi connectivity index (χ2n) is 3.46. The number of ether oxygens (including phenoxy) is 1. The molecule has 1 N–H and O–H groups in total. The second kappa shape index (κ2) is 3.42. The molecule has 6 nitrogen and oxygen atoms in total. The van der Waals surface area contributed by atoms with E-state index in [-0.39, 0.29) is 0 Å². The Balaban J connectivity index is 2.43. The van der Waals surface area contributed by atoms with Crippen molar-refractivity contribution in [3.63, 3.8) is 0 Å². The monoisotopic (exact) mass is 184 g/mol. The average Bonchev–Trinajstić information content (AvgIpc) is 2.34. The summed E-state index contributed by atoms with van der Waals surface area (Å²) >= 11 is 0. The van der Waals surface area contributed by atoms with Gasteiger partial charge in [-0.25, -0.2) is 10.2 Å². The van der Waals surface area contributed by atoms with Gasteiger partial charge in [-0.2, -0.15) is 4.79 Å². The van der Waals surface area contributed by atoms with E-state index in [1.54, 1.807) is 20.8 Å². The van der Waals surface area contributed by atoms with Gasteiger partial charge in [0.1, 0.15) is 5.60 Å². The maximum atomic E-state index is 11.1. The van der Waals surface area contributed by atoms with Crippen LogP contribution in [0.5, 0.6) is 0 Å². The number of hydrogen-bond acceptors (Lipinski definition) is 4. The van der Waals surface area contributed by atoms with Crippen molar-refractivity contribution >= 4 is 6.09 Å². The summed E-state index contributed by atoms with van der Waals surface area (Å²) in [5.74, 6) is 0. The maximum absolute atomic E-state index is 11.1. The Labute approximate surface area is 75.8 Å². The molecule has 0 spiro atoms. The minimum atomic E-state index is -0.557. The van der Waals surface area contributed by atoms with E-state index in [2.05, 4.69) is 15.7 Å². The quantitative estimate of drug-likeness (QED) is 0.699. The van der Waals surface area contributed by atoms with Crippen LogP contribution >= 0.6 is 0 Å². The fraction of sp³-hybridized carbons (Fsp3) is 0.571. The molecular weight excluding hydrogens is 172 g/mol. The van der Waals surface area contributed by atoms with Crippen molar-refractivity contribution in [3.8, 4) is 0 Å². The molecule has 0 saturated heterocycles. The molecule has 0 bridgehead atoms. The molecule has 0 radical (unpaired) electrons. The van der Waals surface area contributed by atoms with Crippen molar-refractivity contribution in [2.45, 2.75) is 26.4 Å². The predicted molar refractivity (Wildman–Crippen MR) is 45.6 cm³/mol. The number of amides is 1. The minimum absolute atomic E-state index is 0.509. The second-order valence-corrected chi connectivity index (χ2v) is 3.46. The molecular formula is C7H12N4O2. The van der Waals surface area contributed by atoms with E-state index < -0.39 is 11.7 Å². The topological polar surface area (TPSA) is 69.0 Å². The predicted octanol–water partition coefficient (Wildman–Crippen LogP) is 0.757. The Morgan fingerprint density at radius 1 is 1.54 bits per heavy atom. The lowest BCUT2D eigenvalue weighted by Gasteiger charge is -2.19. The molecule has 0 aromatic carbocycles. The molecule has 0 aliphatic carbocycles. The number of hydrogen-bond donors (Lipinski definition) is 1. The summed E-state index contributed by atoms with van der Waals surface area (Å²) in [6.07, 6.45) is 2.40. The lowest BCUT2D eigenvalue weighted by molar-refractivity contribution is 0.0609. The lowest BCUT2D eigenvalue weighted by atomic mass is 10.2. The Kier molecular flexibility index (Phi) is 2.50. The van der Waals surface area contributed by atoms with Gasteiger partial charge in [0.2, 0.25) is 0 Å². The fourth-order valence-electron chi connectivity index (χ4n) is 0.662. The van der Waals surface area contributed by atoms with E-state index in [9.17, 15) is 4.79 Å². The van der Waals surface area contributed by atoms with E-state index >= 15 is 0 Å². The first-order valence-corrected chi connectivity index (χ1v) is 3.84. The molecule has 1 amide bonds. The number of carbonyl (C=O) groups excluding carboxylic acids is 1. The van der Waals surface area contributed by atoms with Crippen molar-refractivity contribution in [3.05, 3.63) is 12.4 Å². The normalized spacial score (nSPS) is 11.0. The van der Waals surface area contributed by atoms with Gasteiger partial charge in [-0.05, 0) is 26.0 Å². The number of carbonyl (C=O) groups is 1. The summed E-state index contributed by atoms with van der Waals surface area (Å²) < 4.78 is 4.97. The molecule has 0 fully saturated rings. The van der Waals surface area contributed by atoms with Crippen LogP contribution in [0.15, 0.2) is 12.4 Å². The molecule has 1 heterocycles. The van der Waals surface area contributed by atoms with E-state index in [0.29, 0.717) is 0 Å². The highest BCUT2D eigenvalue weighted by Crippen LogP contribution is 2.06. The Morgan fingerprint density at radius 3 is 2.69 bits per heavy atom. The zero-order valence-corrected chi connectivity index (χ0v) is 7.81. The van der Waals surface area contributed by atoms with E-state index in [4.69, 9.17) is 4.74 Å². The van der Waals surface area contributed by atoms with Crippen LogP contribution in [-0.4, -0.2) is 26.8 Å². The average molecular weight is 184 g/mol. The highest BCUT2D eigenvalue weighted by atomic mass is 16.6. The van der Waals surface area contributed by atoms with E-state index in [1.165, 1.54) is 17.2 Å². The molecule has 0 saturated carbocycles. The highest BCUT2D eigenvalue weighted by molar-refractivity contribution is 5.75. The van der Waals surface area contributed by atoms with E-state index in [0.717, 1.165) is 0 Å². The molecule has 6 heteroatoms. The van der Waals surface area contributed by atoms with Gasteiger partial charge in [0, 0.05) is 0 Å². The maximum Gasteiger partial charge on any atom is 0.428 e. The van der Waals surface area contributed by atoms with Crippen molar-refractivity contribution in [1.29, 1.82) is 0 Å². The molecule has 0 unspecified atom stereocenters. The first-order chi connectivity index (χ1) is 5.97. The lowest BCUT2D eigenvalue weighted by Crippen LogP contribution is -2.31. The summed E-state index contributed by atoms with van der Waals surface area (Å²) in [5.41, 5.74) is 1.85. The molecule has 13 heavy (non-hydrogen) atoms. The number of nitrogens with zero attached hydrogens (tertiary/aromatic N) is 3. The molecule has 1 aromatic heterocycles. The van der Waals surface area contributed by atoms with Crippen LogP contribution < -0.4 is 5.43 Å². The highest BCUT2D eigenvalue weighted by Gasteiger charge is 2.16. The first kappa shape index (κ1) is 9.50. The van der Waals surface area contributed by atoms with Crippen LogP contribution in [0.4, 0.5) is 4.79 Å². The van der Waals surface area contributed by atoms with Gasteiger partial charge >= 0.3 is 6.09 Å². The van der Waals surface area contributed by atoms with Crippen LogP contribution in [-0.2, 0) is 4.74 Å². The molecule has 1 rings (SSSR count).